The number of halogens is 1. The first-order valence-corrected chi connectivity index (χ1v) is 10.1. The molecule has 0 amide bonds. The zero-order valence-electron chi connectivity index (χ0n) is 15.6. The number of aliphatic imine (C=N–C) groups is 1. The molecule has 2 rings (SSSR count). The van der Waals surface area contributed by atoms with Crippen molar-refractivity contribution in [2.24, 2.45) is 4.99 Å². The predicted molar refractivity (Wildman–Crippen MR) is 117 cm³/mol. The second-order valence-corrected chi connectivity index (χ2v) is 7.61. The maximum absolute atomic E-state index is 6.00. The molecule has 0 atom stereocenters. The van der Waals surface area contributed by atoms with Crippen molar-refractivity contribution in [1.82, 2.24) is 15.6 Å². The number of hydrogen-bond donors (Lipinski definition) is 2. The molecule has 0 aliphatic heterocycles. The molecule has 144 valence electrons. The van der Waals surface area contributed by atoms with Crippen molar-refractivity contribution in [2.75, 3.05) is 26.2 Å². The van der Waals surface area contributed by atoms with Crippen molar-refractivity contribution in [3.05, 3.63) is 16.1 Å². The minimum atomic E-state index is 0. The molecule has 0 radical (unpaired) electrons. The highest BCUT2D eigenvalue weighted by molar-refractivity contribution is 14.0. The molecule has 0 spiro atoms. The largest absolute Gasteiger partial charge is 0.376 e. The normalized spacial score (nSPS) is 16.2. The van der Waals surface area contributed by atoms with E-state index in [0.717, 1.165) is 25.5 Å². The van der Waals surface area contributed by atoms with Crippen LogP contribution in [0.25, 0.3) is 0 Å². The Labute approximate surface area is 173 Å². The Hall–Kier alpha value is -0.410. The molecule has 1 aromatic rings. The van der Waals surface area contributed by atoms with Crippen molar-refractivity contribution in [1.29, 1.82) is 0 Å². The zero-order valence-corrected chi connectivity index (χ0v) is 18.7. The van der Waals surface area contributed by atoms with E-state index in [2.05, 4.69) is 34.5 Å². The number of aryl methyl sites for hydroxylation is 1. The van der Waals surface area contributed by atoms with Gasteiger partial charge in [-0.3, -0.25) is 4.99 Å². The highest BCUT2D eigenvalue weighted by atomic mass is 127. The maximum Gasteiger partial charge on any atom is 0.191 e. The van der Waals surface area contributed by atoms with Gasteiger partial charge in [-0.15, -0.1) is 35.3 Å². The summed E-state index contributed by atoms with van der Waals surface area (Å²) in [4.78, 5) is 10.3. The molecule has 0 bridgehead atoms. The van der Waals surface area contributed by atoms with Gasteiger partial charge in [-0.25, -0.2) is 4.98 Å². The molecule has 1 heterocycles. The lowest BCUT2D eigenvalue weighted by molar-refractivity contribution is 0.0487. The van der Waals surface area contributed by atoms with Crippen molar-refractivity contribution in [3.63, 3.8) is 0 Å². The van der Waals surface area contributed by atoms with Gasteiger partial charge in [0.05, 0.1) is 24.3 Å². The fourth-order valence-electron chi connectivity index (χ4n) is 2.93. The topological polar surface area (TPSA) is 58.5 Å². The van der Waals surface area contributed by atoms with Crippen LogP contribution in [-0.2, 0) is 11.2 Å². The van der Waals surface area contributed by atoms with Gasteiger partial charge < -0.3 is 15.4 Å². The summed E-state index contributed by atoms with van der Waals surface area (Å²) in [6.07, 6.45) is 11.1. The van der Waals surface area contributed by atoms with Crippen LogP contribution in [-0.4, -0.2) is 43.3 Å². The van der Waals surface area contributed by atoms with Crippen molar-refractivity contribution < 1.29 is 4.74 Å². The molecule has 1 fully saturated rings. The summed E-state index contributed by atoms with van der Waals surface area (Å²) in [7, 11) is 0. The molecule has 0 saturated heterocycles. The minimum absolute atomic E-state index is 0. The fraction of sp³-hybridized carbons (Fsp3) is 0.778. The smallest absolute Gasteiger partial charge is 0.191 e. The third-order valence-electron chi connectivity index (χ3n) is 4.16. The van der Waals surface area contributed by atoms with Gasteiger partial charge in [-0.05, 0) is 26.7 Å². The summed E-state index contributed by atoms with van der Waals surface area (Å²) in [6, 6.07) is 0. The number of thiazole rings is 1. The lowest BCUT2D eigenvalue weighted by Crippen LogP contribution is -2.38. The Morgan fingerprint density at radius 2 is 2.04 bits per heavy atom. The molecule has 5 nitrogen and oxygen atoms in total. The highest BCUT2D eigenvalue weighted by Crippen LogP contribution is 2.19. The summed E-state index contributed by atoms with van der Waals surface area (Å²) in [5.74, 6) is 0.871. The molecule has 0 aromatic carbocycles. The number of guanidine groups is 1. The summed E-state index contributed by atoms with van der Waals surface area (Å²) in [6.45, 7) is 7.32. The summed E-state index contributed by atoms with van der Waals surface area (Å²) >= 11 is 1.76. The number of nitrogens with zero attached hydrogens (tertiary/aromatic N) is 2. The first-order chi connectivity index (χ1) is 11.8. The molecule has 1 aliphatic rings. The number of rotatable bonds is 8. The van der Waals surface area contributed by atoms with Crippen LogP contribution in [0.15, 0.2) is 11.2 Å². The van der Waals surface area contributed by atoms with Gasteiger partial charge >= 0.3 is 0 Å². The molecule has 1 aliphatic carbocycles. The highest BCUT2D eigenvalue weighted by Gasteiger charge is 2.11. The second kappa shape index (κ2) is 13.7. The van der Waals surface area contributed by atoms with Gasteiger partial charge in [-0.2, -0.15) is 0 Å². The van der Waals surface area contributed by atoms with Gasteiger partial charge in [0, 0.05) is 30.6 Å². The van der Waals surface area contributed by atoms with Crippen LogP contribution in [0, 0.1) is 6.92 Å². The van der Waals surface area contributed by atoms with E-state index < -0.39 is 0 Å². The predicted octanol–water partition coefficient (Wildman–Crippen LogP) is 3.91. The van der Waals surface area contributed by atoms with Crippen LogP contribution in [0.1, 0.15) is 55.3 Å². The standard InChI is InChI=1S/C18H32N4OS.HI/c1-3-19-18(20-11-10-17-22-14-15(2)24-17)21-12-13-23-16-8-6-4-5-7-9-16;/h14,16H,3-13H2,1-2H3,(H2,19,20,21);1H. The van der Waals surface area contributed by atoms with Crippen LogP contribution < -0.4 is 10.6 Å². The molecule has 7 heteroatoms. The monoisotopic (exact) mass is 480 g/mol. The summed E-state index contributed by atoms with van der Waals surface area (Å²) < 4.78 is 6.00. The Morgan fingerprint density at radius 1 is 1.28 bits per heavy atom. The molecule has 25 heavy (non-hydrogen) atoms. The third-order valence-corrected chi connectivity index (χ3v) is 5.13. The van der Waals surface area contributed by atoms with Gasteiger partial charge in [-0.1, -0.05) is 25.7 Å². The Balaban J connectivity index is 0.00000312. The molecular formula is C18H33IN4OS. The van der Waals surface area contributed by atoms with Crippen molar-refractivity contribution in [3.8, 4) is 0 Å². The maximum atomic E-state index is 6.00. The third kappa shape index (κ3) is 9.75. The van der Waals surface area contributed by atoms with E-state index in [9.17, 15) is 0 Å². The van der Waals surface area contributed by atoms with Crippen molar-refractivity contribution in [2.45, 2.75) is 64.9 Å². The van der Waals surface area contributed by atoms with Crippen LogP contribution >= 0.6 is 35.3 Å². The minimum Gasteiger partial charge on any atom is -0.376 e. The molecular weight excluding hydrogens is 447 g/mol. The Bertz CT molecular complexity index is 487. The number of ether oxygens (including phenoxy) is 1. The number of hydrogen-bond acceptors (Lipinski definition) is 4. The van der Waals surface area contributed by atoms with Crippen LogP contribution in [0.5, 0.6) is 0 Å². The lowest BCUT2D eigenvalue weighted by atomic mass is 10.1. The summed E-state index contributed by atoms with van der Waals surface area (Å²) in [5, 5.41) is 7.84. The van der Waals surface area contributed by atoms with E-state index >= 15 is 0 Å². The summed E-state index contributed by atoms with van der Waals surface area (Å²) in [5.41, 5.74) is 0. The SMILES string of the molecule is CCNC(=NCCOC1CCCCCC1)NCCc1ncc(C)s1.I. The average Bonchev–Trinajstić information content (AvgIpc) is 2.83. The van der Waals surface area contributed by atoms with E-state index in [1.807, 2.05) is 6.20 Å². The van der Waals surface area contributed by atoms with E-state index in [-0.39, 0.29) is 24.0 Å². The average molecular weight is 480 g/mol. The molecule has 1 saturated carbocycles. The van der Waals surface area contributed by atoms with Crippen molar-refractivity contribution >= 4 is 41.3 Å². The first-order valence-electron chi connectivity index (χ1n) is 9.33. The molecule has 1 aromatic heterocycles. The van der Waals surface area contributed by atoms with E-state index in [1.165, 1.54) is 48.4 Å². The first kappa shape index (κ1) is 22.6. The van der Waals surface area contributed by atoms with Gasteiger partial charge in [0.15, 0.2) is 5.96 Å². The zero-order chi connectivity index (χ0) is 17.0. The second-order valence-electron chi connectivity index (χ2n) is 6.29. The van der Waals surface area contributed by atoms with Crippen LogP contribution in [0.2, 0.25) is 0 Å². The Morgan fingerprint density at radius 3 is 2.68 bits per heavy atom. The quantitative estimate of drug-likeness (QED) is 0.195. The number of nitrogens with one attached hydrogen (secondary N) is 2. The van der Waals surface area contributed by atoms with Gasteiger partial charge in [0.2, 0.25) is 0 Å². The van der Waals surface area contributed by atoms with E-state index in [1.54, 1.807) is 11.3 Å². The molecule has 0 unspecified atom stereocenters. The van der Waals surface area contributed by atoms with E-state index in [0.29, 0.717) is 19.3 Å². The van der Waals surface area contributed by atoms with E-state index in [4.69, 9.17) is 4.74 Å². The Kier molecular flexibility index (Phi) is 12.4. The number of aromatic nitrogens is 1. The van der Waals surface area contributed by atoms with Crippen LogP contribution in [0.4, 0.5) is 0 Å². The van der Waals surface area contributed by atoms with Crippen LogP contribution in [0.3, 0.4) is 0 Å². The molecule has 2 N–H and O–H groups in total. The van der Waals surface area contributed by atoms with Gasteiger partial charge in [0.25, 0.3) is 0 Å². The lowest BCUT2D eigenvalue weighted by Gasteiger charge is -2.15. The fourth-order valence-corrected chi connectivity index (χ4v) is 3.72. The van der Waals surface area contributed by atoms with Gasteiger partial charge in [0.1, 0.15) is 0 Å².